The molecule has 8 N–H and O–H groups in total. The third-order valence-electron chi connectivity index (χ3n) is 20.2. The quantitative estimate of drug-likeness (QED) is 0.0312. The first-order valence-electron chi connectivity index (χ1n) is 40.1. The molecule has 0 spiro atoms. The number of hydrogen-bond acceptors (Lipinski definition) is 26. The number of para-hydroxylation sites is 1. The average molecular weight is 1740 g/mol. The highest BCUT2D eigenvalue weighted by molar-refractivity contribution is 7.13. The van der Waals surface area contributed by atoms with Crippen molar-refractivity contribution in [3.63, 3.8) is 0 Å². The summed E-state index contributed by atoms with van der Waals surface area (Å²) in [4.78, 5) is 113. The van der Waals surface area contributed by atoms with Gasteiger partial charge in [-0.05, 0) is 172 Å². The van der Waals surface area contributed by atoms with Crippen LogP contribution in [0.4, 0.5) is 17.1 Å². The van der Waals surface area contributed by atoms with Crippen molar-refractivity contribution in [2.75, 3.05) is 76.2 Å². The minimum Gasteiger partial charge on any atom is -0.497 e. The van der Waals surface area contributed by atoms with Crippen molar-refractivity contribution in [1.29, 1.82) is 0 Å². The van der Waals surface area contributed by atoms with Crippen LogP contribution in [0.1, 0.15) is 59.4 Å². The molecular weight excluding hydrogens is 1650 g/mol. The van der Waals surface area contributed by atoms with E-state index in [4.69, 9.17) is 30.5 Å². The van der Waals surface area contributed by atoms with Crippen LogP contribution >= 0.6 is 34.3 Å². The van der Waals surface area contributed by atoms with Gasteiger partial charge in [0.15, 0.2) is 29.1 Å². The first-order valence-corrected chi connectivity index (χ1v) is 42.3. The van der Waals surface area contributed by atoms with Gasteiger partial charge in [0, 0.05) is 101 Å². The van der Waals surface area contributed by atoms with Crippen LogP contribution in [0.15, 0.2) is 235 Å². The van der Waals surface area contributed by atoms with E-state index in [1.54, 1.807) is 61.2 Å². The van der Waals surface area contributed by atoms with Gasteiger partial charge in [0.1, 0.15) is 17.2 Å². The van der Waals surface area contributed by atoms with Crippen LogP contribution in [-0.4, -0.2) is 168 Å². The highest BCUT2D eigenvalue weighted by Crippen LogP contribution is 2.27. The molecule has 2 fully saturated rings. The monoisotopic (exact) mass is 1740 g/mol. The number of aromatic amines is 5. The molecule has 0 bridgehead atoms. The molecule has 14 heterocycles. The first-order chi connectivity index (χ1) is 61.0. The van der Waals surface area contributed by atoms with Crippen LogP contribution in [-0.2, 0) is 37.5 Å². The topological polar surface area (TPSA) is 395 Å². The van der Waals surface area contributed by atoms with Gasteiger partial charge in [-0.25, -0.2) is 24.9 Å². The van der Waals surface area contributed by atoms with Crippen LogP contribution < -0.4 is 58.0 Å². The summed E-state index contributed by atoms with van der Waals surface area (Å²) in [6.45, 7) is 14.5. The fourth-order valence-corrected chi connectivity index (χ4v) is 15.2. The van der Waals surface area contributed by atoms with Crippen LogP contribution in [0.5, 0.6) is 17.2 Å². The highest BCUT2D eigenvalue weighted by atomic mass is 35.5. The number of morpholine rings is 1. The van der Waals surface area contributed by atoms with Crippen LogP contribution in [0.3, 0.4) is 0 Å². The average Bonchev–Trinajstić information content (AvgIpc) is 1.66. The Labute approximate surface area is 725 Å². The summed E-state index contributed by atoms with van der Waals surface area (Å²) in [6, 6.07) is 61.3. The number of halogens is 1. The molecule has 0 unspecified atom stereocenters. The minimum absolute atomic E-state index is 0.107. The second-order valence-electron chi connectivity index (χ2n) is 28.9. The molecule has 2 saturated heterocycles. The molecule has 12 aromatic heterocycles. The normalized spacial score (nSPS) is 12.7. The summed E-state index contributed by atoms with van der Waals surface area (Å²) >= 11 is 9.05. The Morgan fingerprint density at radius 2 is 0.824 bits per heavy atom. The van der Waals surface area contributed by atoms with Crippen molar-refractivity contribution in [2.24, 2.45) is 0 Å². The fourth-order valence-electron chi connectivity index (χ4n) is 13.8. The molecule has 20 rings (SSSR count). The van der Waals surface area contributed by atoms with E-state index in [2.05, 4.69) is 101 Å². The minimum atomic E-state index is -0.221. The number of aromatic nitrogens is 20. The SMILES string of the molecule is CCOc1ccc(NCc2cc(=O)n3[nH]c(-c4ccc(Cl)cc4)nc3n2)cc1.COc1ccc(-c2nc3nc(CN4CCOCC4)cc(=O)n3[nH]2)cc1.COc1cccc(NCc2cc(=O)n3[nH]c(-c4cccs4)nc3n2)c1.Cc1ccccc1NCc1cc(=O)n2[nH]c(-c3ccccc3C)nc2n1.O=c1cc(CN2CCCC2)nc2nc(-c3cccs3)[nH]n12. The van der Waals surface area contributed by atoms with E-state index in [0.29, 0.717) is 126 Å². The number of likely N-dealkylation sites (tertiary alicyclic amines) is 1. The lowest BCUT2D eigenvalue weighted by Gasteiger charge is -2.25. The first kappa shape index (κ1) is 84.1. The molecule has 0 atom stereocenters. The molecule has 18 aromatic rings. The zero-order valence-electron chi connectivity index (χ0n) is 68.6. The molecule has 2 aliphatic rings. The van der Waals surface area contributed by atoms with Crippen LogP contribution in [0.25, 0.3) is 84.5 Å². The molecule has 125 heavy (non-hydrogen) atoms. The van der Waals surface area contributed by atoms with Crippen molar-refractivity contribution in [3.05, 3.63) is 307 Å². The lowest BCUT2D eigenvalue weighted by atomic mass is 10.1. The van der Waals surface area contributed by atoms with Gasteiger partial charge in [-0.2, -0.15) is 47.5 Å². The molecule has 0 radical (unpaired) electrons. The van der Waals surface area contributed by atoms with Crippen molar-refractivity contribution in [1.82, 2.24) is 108 Å². The third-order valence-corrected chi connectivity index (χ3v) is 22.2. The number of thiophene rings is 2. The standard InChI is InChI=1S/C20H18ClN5O2.C20H19N5O.C17H19N5O3.C17H15N5O2S.C14H15N5OS/c1-2-28-17-9-7-15(8-10-17)22-12-16-11-18(27)26-20(23-16)24-19(25-26)13-3-5-14(21)6-4-13;1-13-7-3-5-9-16(13)19-23-20-22-15(11-18(26)25(20)24-19)12-21-17-10-6-4-8-14(17)2;1-24-14-4-2-12(3-5-14)16-19-17-18-13(10-15(23)22(17)20-16)11-21-6-8-25-9-7-21;1-24-13-5-2-4-11(8-13)18-10-12-9-15(23)22-17(19-12)20-16(21-22)14-6-3-7-25-14;20-12-8-10(9-18-5-1-2-6-18)15-14-16-13(17-19(12)14)11-4-3-7-21-11/h3-11,22H,2,12H2,1H3,(H,23,24,25);3-11,21H,12H2,1-2H3,(H,22,23,24);2-5,10H,6-9,11H2,1H3,(H,18,19,20);2-9,18H,10H2,1H3,(H,19,20,21);3-4,7-8H,1-2,5-6,9H2,(H,15,16,17). The predicted octanol–water partition coefficient (Wildman–Crippen LogP) is 12.5. The molecule has 2 aliphatic heterocycles. The summed E-state index contributed by atoms with van der Waals surface area (Å²) in [6.07, 6.45) is 2.46. The second kappa shape index (κ2) is 39.1. The largest absolute Gasteiger partial charge is 0.497 e. The van der Waals surface area contributed by atoms with Crippen molar-refractivity contribution >= 4 is 80.2 Å². The number of H-pyrrole nitrogens is 5. The van der Waals surface area contributed by atoms with Crippen molar-refractivity contribution < 1.29 is 18.9 Å². The van der Waals surface area contributed by atoms with Gasteiger partial charge in [-0.1, -0.05) is 72.3 Å². The number of rotatable bonds is 22. The maximum absolute atomic E-state index is 12.4. The summed E-state index contributed by atoms with van der Waals surface area (Å²) in [5.41, 5.74) is 10.2. The van der Waals surface area contributed by atoms with E-state index in [1.807, 2.05) is 189 Å². The predicted molar refractivity (Wildman–Crippen MR) is 482 cm³/mol. The van der Waals surface area contributed by atoms with Crippen LogP contribution in [0.2, 0.25) is 5.02 Å². The van der Waals surface area contributed by atoms with E-state index in [-0.39, 0.29) is 27.8 Å². The molecule has 34 nitrogen and oxygen atoms in total. The molecule has 0 saturated carbocycles. The molecule has 37 heteroatoms. The van der Waals surface area contributed by atoms with Gasteiger partial charge in [0.25, 0.3) is 56.7 Å². The van der Waals surface area contributed by atoms with E-state index < -0.39 is 0 Å². The van der Waals surface area contributed by atoms with E-state index >= 15 is 0 Å². The lowest BCUT2D eigenvalue weighted by Crippen LogP contribution is -2.36. The summed E-state index contributed by atoms with van der Waals surface area (Å²) in [5.74, 6) is 7.33. The van der Waals surface area contributed by atoms with Crippen molar-refractivity contribution in [3.8, 4) is 72.8 Å². The van der Waals surface area contributed by atoms with Gasteiger partial charge in [-0.15, -0.1) is 22.7 Å². The Kier molecular flexibility index (Phi) is 26.3. The number of aryl methyl sites for hydroxylation is 2. The number of ether oxygens (including phenoxy) is 4. The molecule has 6 aromatic carbocycles. The Balaban J connectivity index is 0.000000116. The number of anilines is 3. The zero-order chi connectivity index (χ0) is 86.3. The fraction of sp³-hybridized carbons (Fsp3) is 0.216. The highest BCUT2D eigenvalue weighted by Gasteiger charge is 2.20. The molecule has 636 valence electrons. The summed E-state index contributed by atoms with van der Waals surface area (Å²) in [5, 5.41) is 29.4. The number of fused-ring (bicyclic) bond motifs is 5. The van der Waals surface area contributed by atoms with E-state index in [1.165, 1.54) is 53.6 Å². The molecule has 0 amide bonds. The van der Waals surface area contributed by atoms with Crippen LogP contribution in [0, 0.1) is 13.8 Å². The maximum atomic E-state index is 12.4. The lowest BCUT2D eigenvalue weighted by molar-refractivity contribution is 0.0336. The number of hydrogen-bond donors (Lipinski definition) is 8. The number of nitrogens with zero attached hydrogens (tertiary/aromatic N) is 17. The second-order valence-corrected chi connectivity index (χ2v) is 31.2. The zero-order valence-corrected chi connectivity index (χ0v) is 71.0. The van der Waals surface area contributed by atoms with Gasteiger partial charge in [0.2, 0.25) is 0 Å². The number of methoxy groups -OCH3 is 2. The van der Waals surface area contributed by atoms with Crippen molar-refractivity contribution in [2.45, 2.75) is 66.3 Å². The Morgan fingerprint density at radius 1 is 0.400 bits per heavy atom. The van der Waals surface area contributed by atoms with Gasteiger partial charge < -0.3 is 34.9 Å². The third kappa shape index (κ3) is 20.8. The smallest absolute Gasteiger partial charge is 0.274 e. The Hall–Kier alpha value is -14.6. The number of nitrogens with one attached hydrogen (secondary N) is 8. The molecular formula is C88H86ClN25O9S2. The Bertz CT molecular complexity index is 7050. The summed E-state index contributed by atoms with van der Waals surface area (Å²) in [7, 11) is 3.24. The van der Waals surface area contributed by atoms with E-state index in [0.717, 1.165) is 116 Å². The van der Waals surface area contributed by atoms with E-state index in [9.17, 15) is 24.0 Å². The van der Waals surface area contributed by atoms with Gasteiger partial charge in [-0.3, -0.25) is 59.3 Å². The summed E-state index contributed by atoms with van der Waals surface area (Å²) < 4.78 is 28.0. The molecule has 0 aliphatic carbocycles. The Morgan fingerprint density at radius 3 is 1.31 bits per heavy atom. The maximum Gasteiger partial charge on any atom is 0.274 e. The van der Waals surface area contributed by atoms with Gasteiger partial charge >= 0.3 is 0 Å². The van der Waals surface area contributed by atoms with Gasteiger partial charge in [0.05, 0.1) is 91.9 Å². The number of benzene rings is 6.